The Kier molecular flexibility index (Phi) is 4.99. The van der Waals surface area contributed by atoms with Gasteiger partial charge in [0.05, 0.1) is 0 Å². The molecule has 0 aliphatic heterocycles. The van der Waals surface area contributed by atoms with E-state index in [0.717, 1.165) is 25.7 Å². The van der Waals surface area contributed by atoms with Gasteiger partial charge in [-0.05, 0) is 65.1 Å². The first kappa shape index (κ1) is 21.0. The molecule has 1 fully saturated rings. The summed E-state index contributed by atoms with van der Waals surface area (Å²) in [7, 11) is -2.22. The minimum atomic E-state index is -2.22. The van der Waals surface area contributed by atoms with Gasteiger partial charge in [0, 0.05) is 23.3 Å². The SMILES string of the molecule is CC(C)(C)C(=O)NC1CC[C@H]2[C@@H]3CC=C4C=C([P+](=O)O)CC[C@]4(C)[C@@H]3C=C[C@]12C. The largest absolute Gasteiger partial charge is 0.541 e. The maximum atomic E-state index is 12.6. The third-order valence-electron chi connectivity index (χ3n) is 8.42. The number of carbonyl (C=O) groups excluding carboxylic acids is 1. The van der Waals surface area contributed by atoms with E-state index in [-0.39, 0.29) is 28.2 Å². The van der Waals surface area contributed by atoms with Crippen molar-refractivity contribution in [2.75, 3.05) is 0 Å². The molecule has 1 saturated carbocycles. The summed E-state index contributed by atoms with van der Waals surface area (Å²) in [6, 6.07) is 0.200. The van der Waals surface area contributed by atoms with Crippen LogP contribution in [0, 0.1) is 34.0 Å². The lowest BCUT2D eigenvalue weighted by atomic mass is 9.51. The monoisotopic (exact) mass is 416 g/mol. The van der Waals surface area contributed by atoms with Crippen LogP contribution in [0.3, 0.4) is 0 Å². The molecular formula is C24H35NO3P+. The van der Waals surface area contributed by atoms with Gasteiger partial charge in [-0.1, -0.05) is 52.8 Å². The molecule has 0 aromatic carbocycles. The Hall–Kier alpha value is -1.25. The lowest BCUT2D eigenvalue weighted by molar-refractivity contribution is -0.130. The Labute approximate surface area is 175 Å². The van der Waals surface area contributed by atoms with E-state index in [9.17, 15) is 14.3 Å². The zero-order valence-electron chi connectivity index (χ0n) is 18.4. The summed E-state index contributed by atoms with van der Waals surface area (Å²) in [4.78, 5) is 22.2. The van der Waals surface area contributed by atoms with Crippen molar-refractivity contribution in [3.05, 3.63) is 35.2 Å². The molecule has 0 heterocycles. The van der Waals surface area contributed by atoms with Crippen LogP contribution >= 0.6 is 8.03 Å². The molecule has 0 aromatic rings. The van der Waals surface area contributed by atoms with Crippen LogP contribution in [0.5, 0.6) is 0 Å². The van der Waals surface area contributed by atoms with E-state index in [0.29, 0.717) is 29.5 Å². The van der Waals surface area contributed by atoms with Gasteiger partial charge in [0.2, 0.25) is 11.2 Å². The molecule has 1 amide bonds. The highest BCUT2D eigenvalue weighted by atomic mass is 31.1. The highest BCUT2D eigenvalue weighted by Crippen LogP contribution is 2.62. The Morgan fingerprint density at radius 3 is 2.66 bits per heavy atom. The molecule has 0 bridgehead atoms. The molecular weight excluding hydrogens is 381 g/mol. The van der Waals surface area contributed by atoms with Gasteiger partial charge >= 0.3 is 8.03 Å². The van der Waals surface area contributed by atoms with Crippen molar-refractivity contribution in [2.24, 2.45) is 34.0 Å². The van der Waals surface area contributed by atoms with E-state index in [1.807, 2.05) is 26.8 Å². The third kappa shape index (κ3) is 3.27. The van der Waals surface area contributed by atoms with Crippen molar-refractivity contribution < 1.29 is 14.3 Å². The van der Waals surface area contributed by atoms with Gasteiger partial charge in [0.1, 0.15) is 0 Å². The highest BCUT2D eigenvalue weighted by molar-refractivity contribution is 7.43. The number of rotatable bonds is 2. The standard InChI is InChI=1S/C24H34NO3P/c1-22(2,3)21(26)25-20-9-8-18-17-7-6-15-14-16(29(27)28)10-12-23(15,4)19(17)11-13-24(18,20)5/h6,11,13-14,17-20H,7-10,12H2,1-5H3,(H-,25,26,27,28)/p+1/t17-,18-,19+,20?,23-,24-/m0/s1. The summed E-state index contributed by atoms with van der Waals surface area (Å²) in [5, 5.41) is 4.05. The Bertz CT molecular complexity index is 836. The lowest BCUT2D eigenvalue weighted by Crippen LogP contribution is -2.52. The fourth-order valence-corrected chi connectivity index (χ4v) is 7.01. The summed E-state index contributed by atoms with van der Waals surface area (Å²) in [6.45, 7) is 10.6. The molecule has 0 radical (unpaired) electrons. The second-order valence-corrected chi connectivity index (χ2v) is 12.2. The first-order chi connectivity index (χ1) is 13.5. The predicted octanol–water partition coefficient (Wildman–Crippen LogP) is 5.48. The van der Waals surface area contributed by atoms with Gasteiger partial charge in [-0.2, -0.15) is 4.89 Å². The Balaban J connectivity index is 1.62. The van der Waals surface area contributed by atoms with Crippen LogP contribution in [-0.2, 0) is 9.36 Å². The molecule has 0 saturated heterocycles. The number of hydrogen-bond acceptors (Lipinski definition) is 2. The van der Waals surface area contributed by atoms with Gasteiger partial charge in [-0.15, -0.1) is 0 Å². The summed E-state index contributed by atoms with van der Waals surface area (Å²) >= 11 is 0. The van der Waals surface area contributed by atoms with Crippen molar-refractivity contribution >= 4 is 13.9 Å². The molecule has 0 aromatic heterocycles. The summed E-state index contributed by atoms with van der Waals surface area (Å²) < 4.78 is 11.6. The van der Waals surface area contributed by atoms with Gasteiger partial charge < -0.3 is 5.32 Å². The van der Waals surface area contributed by atoms with E-state index in [2.05, 4.69) is 37.4 Å². The van der Waals surface area contributed by atoms with Crippen molar-refractivity contribution in [3.63, 3.8) is 0 Å². The fraction of sp³-hybridized carbons (Fsp3) is 0.708. The van der Waals surface area contributed by atoms with Crippen molar-refractivity contribution in [2.45, 2.75) is 72.8 Å². The second kappa shape index (κ2) is 6.89. The molecule has 29 heavy (non-hydrogen) atoms. The average Bonchev–Trinajstić information content (AvgIpc) is 2.96. The first-order valence-electron chi connectivity index (χ1n) is 11.0. The minimum Gasteiger partial charge on any atom is -0.352 e. The van der Waals surface area contributed by atoms with Gasteiger partial charge in [-0.25, -0.2) is 0 Å². The van der Waals surface area contributed by atoms with E-state index in [4.69, 9.17) is 0 Å². The lowest BCUT2D eigenvalue weighted by Gasteiger charge is -2.53. The predicted molar refractivity (Wildman–Crippen MR) is 116 cm³/mol. The summed E-state index contributed by atoms with van der Waals surface area (Å²) in [6.07, 6.45) is 14.0. The maximum absolute atomic E-state index is 12.6. The molecule has 5 heteroatoms. The number of nitrogens with one attached hydrogen (secondary N) is 1. The zero-order valence-corrected chi connectivity index (χ0v) is 19.3. The van der Waals surface area contributed by atoms with E-state index >= 15 is 0 Å². The summed E-state index contributed by atoms with van der Waals surface area (Å²) in [5.74, 6) is 1.75. The molecule has 0 spiro atoms. The molecule has 4 rings (SSSR count). The fourth-order valence-electron chi connectivity index (χ4n) is 6.46. The molecule has 7 atom stereocenters. The van der Waals surface area contributed by atoms with Crippen LogP contribution in [0.2, 0.25) is 0 Å². The van der Waals surface area contributed by atoms with Crippen LogP contribution < -0.4 is 5.32 Å². The molecule has 4 nitrogen and oxygen atoms in total. The minimum absolute atomic E-state index is 0.00782. The van der Waals surface area contributed by atoms with Crippen LogP contribution in [0.4, 0.5) is 0 Å². The number of fused-ring (bicyclic) bond motifs is 5. The quantitative estimate of drug-likeness (QED) is 0.462. The molecule has 4 aliphatic carbocycles. The molecule has 158 valence electrons. The van der Waals surface area contributed by atoms with Crippen LogP contribution in [-0.4, -0.2) is 16.8 Å². The highest BCUT2D eigenvalue weighted by Gasteiger charge is 2.57. The van der Waals surface area contributed by atoms with Gasteiger partial charge in [0.25, 0.3) is 0 Å². The van der Waals surface area contributed by atoms with Crippen molar-refractivity contribution in [1.82, 2.24) is 5.32 Å². The molecule has 2 N–H and O–H groups in total. The normalized spacial score (nSPS) is 41.5. The number of hydrogen-bond donors (Lipinski definition) is 2. The number of amides is 1. The first-order valence-corrected chi connectivity index (χ1v) is 12.3. The van der Waals surface area contributed by atoms with Crippen LogP contribution in [0.15, 0.2) is 35.2 Å². The summed E-state index contributed by atoms with van der Waals surface area (Å²) in [5.41, 5.74) is 0.933. The van der Waals surface area contributed by atoms with E-state index < -0.39 is 8.03 Å². The molecule has 2 unspecified atom stereocenters. The number of allylic oxidation sites excluding steroid dienone is 5. The number of carbonyl (C=O) groups is 1. The molecule has 4 aliphatic rings. The third-order valence-corrected chi connectivity index (χ3v) is 9.26. The Morgan fingerprint density at radius 1 is 1.28 bits per heavy atom. The van der Waals surface area contributed by atoms with E-state index in [1.54, 1.807) is 0 Å². The van der Waals surface area contributed by atoms with Crippen LogP contribution in [0.25, 0.3) is 0 Å². The topological polar surface area (TPSA) is 66.4 Å². The van der Waals surface area contributed by atoms with Crippen molar-refractivity contribution in [3.8, 4) is 0 Å². The maximum Gasteiger partial charge on any atom is 0.541 e. The smallest absolute Gasteiger partial charge is 0.352 e. The second-order valence-electron chi connectivity index (χ2n) is 11.1. The average molecular weight is 417 g/mol. The van der Waals surface area contributed by atoms with Gasteiger partial charge in [-0.3, -0.25) is 4.79 Å². The van der Waals surface area contributed by atoms with Crippen molar-refractivity contribution in [1.29, 1.82) is 0 Å². The van der Waals surface area contributed by atoms with Gasteiger partial charge in [0.15, 0.2) is 0 Å². The van der Waals surface area contributed by atoms with E-state index in [1.165, 1.54) is 5.57 Å². The zero-order chi connectivity index (χ0) is 21.2. The van der Waals surface area contributed by atoms with Crippen LogP contribution in [0.1, 0.15) is 66.7 Å². The Morgan fingerprint density at radius 2 is 2.00 bits per heavy atom.